The van der Waals surface area contributed by atoms with E-state index < -0.39 is 0 Å². The van der Waals surface area contributed by atoms with Crippen LogP contribution in [-0.4, -0.2) is 22.1 Å². The lowest BCUT2D eigenvalue weighted by atomic mass is 9.85. The van der Waals surface area contributed by atoms with Gasteiger partial charge in [0.15, 0.2) is 0 Å². The molecule has 0 spiro atoms. The minimum absolute atomic E-state index is 0.713. The smallest absolute Gasteiger partial charge is 0.124 e. The van der Waals surface area contributed by atoms with E-state index in [4.69, 9.17) is 4.52 Å². The van der Waals surface area contributed by atoms with E-state index in [0.29, 0.717) is 6.04 Å². The Morgan fingerprint density at radius 2 is 2.31 bits per heavy atom. The molecule has 1 saturated heterocycles. The minimum atomic E-state index is 0.713. The van der Waals surface area contributed by atoms with Crippen LogP contribution in [-0.2, 0) is 6.54 Å². The topological polar surface area (TPSA) is 29.3 Å². The molecule has 0 bridgehead atoms. The first-order chi connectivity index (χ1) is 7.84. The minimum Gasteiger partial charge on any atom is -0.364 e. The standard InChI is InChI=1S/C13H20N2O/c1-10-8-11-4-2-3-5-13(11)15(10)9-12-6-7-16-14-12/h6-7,10-11,13H,2-5,8-9H2,1H3. The molecule has 88 valence electrons. The number of hydrogen-bond acceptors (Lipinski definition) is 3. The Bertz CT molecular complexity index is 336. The van der Waals surface area contributed by atoms with E-state index >= 15 is 0 Å². The molecule has 0 N–H and O–H groups in total. The first-order valence-corrected chi connectivity index (χ1v) is 6.49. The van der Waals surface area contributed by atoms with Crippen molar-refractivity contribution in [3.63, 3.8) is 0 Å². The number of nitrogens with zero attached hydrogens (tertiary/aromatic N) is 2. The Morgan fingerprint density at radius 3 is 3.12 bits per heavy atom. The molecule has 1 saturated carbocycles. The molecule has 3 nitrogen and oxygen atoms in total. The molecular formula is C13H20N2O. The predicted molar refractivity (Wildman–Crippen MR) is 61.9 cm³/mol. The number of aromatic nitrogens is 1. The average molecular weight is 220 g/mol. The first kappa shape index (κ1) is 10.3. The Labute approximate surface area is 96.8 Å². The van der Waals surface area contributed by atoms with Crippen molar-refractivity contribution in [3.8, 4) is 0 Å². The highest BCUT2D eigenvalue weighted by Gasteiger charge is 2.39. The van der Waals surface area contributed by atoms with E-state index in [1.54, 1.807) is 6.26 Å². The highest BCUT2D eigenvalue weighted by Crippen LogP contribution is 2.40. The fourth-order valence-electron chi connectivity index (χ4n) is 3.58. The number of hydrogen-bond donors (Lipinski definition) is 0. The van der Waals surface area contributed by atoms with E-state index in [0.717, 1.165) is 24.2 Å². The molecule has 2 heterocycles. The van der Waals surface area contributed by atoms with Gasteiger partial charge in [-0.2, -0.15) is 0 Å². The average Bonchev–Trinajstić information content (AvgIpc) is 2.89. The zero-order valence-electron chi connectivity index (χ0n) is 9.93. The number of fused-ring (bicyclic) bond motifs is 1. The predicted octanol–water partition coefficient (Wildman–Crippen LogP) is 2.83. The zero-order valence-corrected chi connectivity index (χ0v) is 9.93. The van der Waals surface area contributed by atoms with Crippen LogP contribution < -0.4 is 0 Å². The monoisotopic (exact) mass is 220 g/mol. The highest BCUT2D eigenvalue weighted by molar-refractivity contribution is 5.01. The third kappa shape index (κ3) is 1.77. The fraction of sp³-hybridized carbons (Fsp3) is 0.769. The van der Waals surface area contributed by atoms with Crippen molar-refractivity contribution >= 4 is 0 Å². The SMILES string of the molecule is CC1CC2CCCCC2N1Cc1ccon1. The van der Waals surface area contributed by atoms with Crippen LogP contribution >= 0.6 is 0 Å². The Kier molecular flexibility index (Phi) is 2.72. The van der Waals surface area contributed by atoms with Gasteiger partial charge in [-0.3, -0.25) is 4.90 Å². The van der Waals surface area contributed by atoms with Gasteiger partial charge in [-0.1, -0.05) is 18.0 Å². The van der Waals surface area contributed by atoms with Crippen LogP contribution in [0.1, 0.15) is 44.7 Å². The molecule has 16 heavy (non-hydrogen) atoms. The second-order valence-corrected chi connectivity index (χ2v) is 5.36. The molecule has 0 aromatic carbocycles. The summed E-state index contributed by atoms with van der Waals surface area (Å²) in [6.07, 6.45) is 8.71. The molecule has 1 aromatic heterocycles. The fourth-order valence-corrected chi connectivity index (χ4v) is 3.58. The molecule has 1 aliphatic heterocycles. The second-order valence-electron chi connectivity index (χ2n) is 5.36. The highest BCUT2D eigenvalue weighted by atomic mass is 16.5. The first-order valence-electron chi connectivity index (χ1n) is 6.49. The van der Waals surface area contributed by atoms with Gasteiger partial charge in [0.25, 0.3) is 0 Å². The summed E-state index contributed by atoms with van der Waals surface area (Å²) in [6.45, 7) is 3.33. The van der Waals surface area contributed by atoms with Gasteiger partial charge in [-0.05, 0) is 32.1 Å². The van der Waals surface area contributed by atoms with Crippen LogP contribution in [0.15, 0.2) is 16.9 Å². The van der Waals surface area contributed by atoms with Gasteiger partial charge in [0.1, 0.15) is 6.26 Å². The lowest BCUT2D eigenvalue weighted by Gasteiger charge is -2.32. The summed E-state index contributed by atoms with van der Waals surface area (Å²) in [5.41, 5.74) is 1.08. The lowest BCUT2D eigenvalue weighted by molar-refractivity contribution is 0.145. The van der Waals surface area contributed by atoms with Crippen molar-refractivity contribution < 1.29 is 4.52 Å². The van der Waals surface area contributed by atoms with Gasteiger partial charge < -0.3 is 4.52 Å². The molecule has 0 amide bonds. The summed E-state index contributed by atoms with van der Waals surface area (Å²) >= 11 is 0. The van der Waals surface area contributed by atoms with Crippen molar-refractivity contribution in [2.45, 2.75) is 57.7 Å². The van der Waals surface area contributed by atoms with Crippen LogP contribution in [0.2, 0.25) is 0 Å². The van der Waals surface area contributed by atoms with Crippen molar-refractivity contribution in [2.24, 2.45) is 5.92 Å². The Balaban J connectivity index is 1.73. The van der Waals surface area contributed by atoms with Crippen molar-refractivity contribution in [3.05, 3.63) is 18.0 Å². The van der Waals surface area contributed by atoms with Crippen LogP contribution in [0.4, 0.5) is 0 Å². The summed E-state index contributed by atoms with van der Waals surface area (Å²) in [5, 5.41) is 4.04. The van der Waals surface area contributed by atoms with Gasteiger partial charge >= 0.3 is 0 Å². The van der Waals surface area contributed by atoms with Crippen LogP contribution in [0, 0.1) is 5.92 Å². The van der Waals surface area contributed by atoms with E-state index in [1.807, 2.05) is 6.07 Å². The maximum absolute atomic E-state index is 4.92. The maximum atomic E-state index is 4.92. The number of rotatable bonds is 2. The van der Waals surface area contributed by atoms with Crippen LogP contribution in [0.3, 0.4) is 0 Å². The summed E-state index contributed by atoms with van der Waals surface area (Å²) in [5.74, 6) is 0.940. The quantitative estimate of drug-likeness (QED) is 0.767. The molecule has 1 aliphatic carbocycles. The van der Waals surface area contributed by atoms with Crippen molar-refractivity contribution in [2.75, 3.05) is 0 Å². The second kappa shape index (κ2) is 4.21. The van der Waals surface area contributed by atoms with Gasteiger partial charge in [-0.25, -0.2) is 0 Å². The van der Waals surface area contributed by atoms with Crippen LogP contribution in [0.5, 0.6) is 0 Å². The van der Waals surface area contributed by atoms with Crippen LogP contribution in [0.25, 0.3) is 0 Å². The molecule has 1 aromatic rings. The zero-order chi connectivity index (χ0) is 11.0. The van der Waals surface area contributed by atoms with Gasteiger partial charge in [0.2, 0.25) is 0 Å². The molecule has 3 atom stereocenters. The third-order valence-corrected chi connectivity index (χ3v) is 4.34. The molecule has 2 fully saturated rings. The maximum Gasteiger partial charge on any atom is 0.124 e. The van der Waals surface area contributed by atoms with Gasteiger partial charge in [-0.15, -0.1) is 0 Å². The molecular weight excluding hydrogens is 200 g/mol. The van der Waals surface area contributed by atoms with Gasteiger partial charge in [0, 0.05) is 24.7 Å². The van der Waals surface area contributed by atoms with E-state index in [9.17, 15) is 0 Å². The summed E-state index contributed by atoms with van der Waals surface area (Å²) in [6, 6.07) is 3.51. The van der Waals surface area contributed by atoms with Crippen molar-refractivity contribution in [1.29, 1.82) is 0 Å². The van der Waals surface area contributed by atoms with Crippen molar-refractivity contribution in [1.82, 2.24) is 10.1 Å². The van der Waals surface area contributed by atoms with E-state index in [-0.39, 0.29) is 0 Å². The molecule has 3 unspecified atom stereocenters. The molecule has 2 aliphatic rings. The Morgan fingerprint density at radius 1 is 1.44 bits per heavy atom. The summed E-state index contributed by atoms with van der Waals surface area (Å²) < 4.78 is 4.92. The Hall–Kier alpha value is -0.830. The normalized spacial score (nSPS) is 35.2. The van der Waals surface area contributed by atoms with Gasteiger partial charge in [0.05, 0.1) is 5.69 Å². The largest absolute Gasteiger partial charge is 0.364 e. The lowest BCUT2D eigenvalue weighted by Crippen LogP contribution is -2.37. The van der Waals surface area contributed by atoms with E-state index in [2.05, 4.69) is 17.0 Å². The molecule has 3 heteroatoms. The number of likely N-dealkylation sites (tertiary alicyclic amines) is 1. The molecule has 3 rings (SSSR count). The summed E-state index contributed by atoms with van der Waals surface area (Å²) in [7, 11) is 0. The third-order valence-electron chi connectivity index (χ3n) is 4.34. The molecule has 0 radical (unpaired) electrons. The summed E-state index contributed by atoms with van der Waals surface area (Å²) in [4.78, 5) is 2.64. The van der Waals surface area contributed by atoms with E-state index in [1.165, 1.54) is 32.1 Å².